The average molecular weight is 1950 g/mol. The molecule has 0 saturated carbocycles. The first kappa shape index (κ1) is 90.6. The molecule has 4 unspecified atom stereocenters. The molecular weight excluding hydrogens is 1860 g/mol. The van der Waals surface area contributed by atoms with E-state index in [-0.39, 0.29) is 79.1 Å². The smallest absolute Gasteiger partial charge is 0.403 e. The van der Waals surface area contributed by atoms with E-state index in [9.17, 15) is 112 Å². The van der Waals surface area contributed by atoms with Gasteiger partial charge in [-0.3, -0.25) is 103 Å². The molecule has 47 nitrogen and oxygen atoms in total. The zero-order chi connectivity index (χ0) is 102. The van der Waals surface area contributed by atoms with Gasteiger partial charge in [-0.15, -0.1) is 0 Å². The Hall–Kier alpha value is -10.6. The Bertz CT molecular complexity index is 6800. The molecule has 4 saturated heterocycles. The molecule has 4 fully saturated rings. The molecule has 0 bridgehead atoms. The minimum Gasteiger partial charge on any atom is -0.403 e. The number of ether oxygens (including phenoxy) is 4. The predicted octanol–water partition coefficient (Wildman–Crippen LogP) is 2.92. The molecule has 55 heteroatoms. The summed E-state index contributed by atoms with van der Waals surface area (Å²) in [6.45, 7) is 6.32. The Morgan fingerprint density at radius 2 is 0.735 bits per heavy atom. The summed E-state index contributed by atoms with van der Waals surface area (Å²) in [7, 11) is -18.4. The lowest BCUT2D eigenvalue weighted by atomic mass is 10.1. The molecule has 0 aliphatic carbocycles. The second-order valence-corrected chi connectivity index (χ2v) is 36.6. The number of hydrogen-bond donors (Lipinski definition) is 12. The summed E-state index contributed by atoms with van der Waals surface area (Å²) in [5.41, 5.74) is -1.09. The summed E-state index contributed by atoms with van der Waals surface area (Å²) in [6, 6.07) is 13.8. The summed E-state index contributed by atoms with van der Waals surface area (Å²) in [6.07, 6.45) is -26.4. The van der Waals surface area contributed by atoms with Gasteiger partial charge in [0.1, 0.15) is 104 Å². The van der Waals surface area contributed by atoms with E-state index in [1.54, 1.807) is 100 Å². The summed E-state index contributed by atoms with van der Waals surface area (Å²) >= 11 is 0. The molecular formula is C77H82F4N8O39P4. The predicted molar refractivity (Wildman–Crippen MR) is 432 cm³/mol. The van der Waals surface area contributed by atoms with Gasteiger partial charge >= 0.3 is 48.4 Å². The standard InChI is InChI=1S/C20H22FN2O9P.3C19H20FN2O10P/c1-10-4-11(2)16-13(5-10)8-29-33(28,32-16)30-9-20(21)17(26)15(25)19(31-20)23-6-14(7-24)18(27)22-12(23)3;3*1-9-3-10(2)14-11(4-9)7-29-33(28,32-14)30-8-19(20)15(25)13(24)17(31-19)22-5-12(6-23)16(26)21-18(22)27/h4-7,15,17,19,25-26H,3,8-9H2,1-2H3,(H,22,27);3*3-6,13,15,17,24-25H,7-8H2,1-2H3,(H,21,26,27)/t15-,17+,19-,20-,33?;3*13-,15+,17-,19-,33?/m1111/s1/i9D2,19D;17D;8D2;. The summed E-state index contributed by atoms with van der Waals surface area (Å²) in [5, 5.41) is 84.7. The molecule has 12 N–H and O–H groups in total. The maximum atomic E-state index is 16.0. The molecule has 712 valence electrons. The molecule has 1 amide bonds. The maximum absolute atomic E-state index is 16.0. The molecule has 3 aromatic heterocycles. The van der Waals surface area contributed by atoms with Crippen molar-refractivity contribution < 1.29 is 182 Å². The number of aromatic nitrogens is 6. The Morgan fingerprint density at radius 3 is 1.10 bits per heavy atom. The van der Waals surface area contributed by atoms with Crippen LogP contribution in [0.2, 0.25) is 0 Å². The number of benzene rings is 4. The molecule has 9 aliphatic rings. The molecule has 0 spiro atoms. The van der Waals surface area contributed by atoms with Gasteiger partial charge in [0.05, 0.1) is 56.9 Å². The highest BCUT2D eigenvalue weighted by atomic mass is 31.2. The molecule has 20 atom stereocenters. The average Bonchev–Trinajstić information content (AvgIpc) is 1.56. The molecule has 4 aromatic carbocycles. The van der Waals surface area contributed by atoms with E-state index in [4.69, 9.17) is 81.5 Å². The van der Waals surface area contributed by atoms with Crippen LogP contribution in [-0.4, -0.2) is 210 Å². The van der Waals surface area contributed by atoms with Gasteiger partial charge in [0, 0.05) is 47.0 Å². The molecule has 16 rings (SSSR count). The second kappa shape index (κ2) is 37.7. The van der Waals surface area contributed by atoms with E-state index >= 15 is 17.6 Å². The number of carbonyl (C=O) groups is 5. The Labute approximate surface area is 746 Å². The first-order chi connectivity index (χ1) is 64.1. The number of phosphoric acid groups is 4. The quantitative estimate of drug-likeness (QED) is 0.0226. The van der Waals surface area contributed by atoms with Crippen molar-refractivity contribution in [3.05, 3.63) is 237 Å². The highest BCUT2D eigenvalue weighted by Gasteiger charge is 2.63. The zero-order valence-electron chi connectivity index (χ0n) is 75.3. The van der Waals surface area contributed by atoms with Crippen molar-refractivity contribution in [2.45, 2.75) is 179 Å². The SMILES string of the molecule is Cc1cc(C)c2c(c1)COP(=O)(OC[C@@]1(F)O[C@@H](n3cc(C=O)c(=O)[nH]c3=O)[C@H](O)[C@@H]1O)O2.[2H]C([2H])(OP1(=O)OCc2cc(C)cc(C)c2O1)[C@@]1(F)O[C@@H](n2cc(C=O)c(=O)[nH]c2=O)[C@H](O)[C@@H]1O.[2H]C([2H])(OP1(=O)OCc2cc(C)cc(C)c2O1)[C@@]1(F)O[C@@]([2H])(N2C=C(C=O)C(=O)NC2=C)[C@H](O)[C@@H]1O.[2H][C@@]1(n2cc(C=O)c(=O)[nH]c2=O)O[C@](F)(COP2(=O)OCc3cc(C)cc(C)c3O2)[C@@H](O)[C@H]1O. The number of phosphoric ester groups is 4. The monoisotopic (exact) mass is 1950 g/mol. The topological polar surface area (TPSA) is 643 Å². The minimum atomic E-state index is -4.86. The maximum Gasteiger partial charge on any atom is 0.530 e. The number of fused-ring (bicyclic) bond motifs is 4. The lowest BCUT2D eigenvalue weighted by Crippen LogP contribution is -2.48. The molecule has 0 radical (unpaired) electrons. The Kier molecular flexibility index (Phi) is 25.9. The molecule has 12 heterocycles. The third-order valence-electron chi connectivity index (χ3n) is 20.4. The number of amides is 1. The van der Waals surface area contributed by atoms with Crippen LogP contribution in [0.3, 0.4) is 0 Å². The number of aldehydes is 4. The van der Waals surface area contributed by atoms with Crippen LogP contribution >= 0.6 is 31.3 Å². The number of alkyl halides is 4. The number of aryl methyl sites for hydroxylation is 8. The number of halogens is 4. The van der Waals surface area contributed by atoms with Crippen molar-refractivity contribution in [1.29, 1.82) is 0 Å². The van der Waals surface area contributed by atoms with Crippen LogP contribution in [0.5, 0.6) is 23.0 Å². The van der Waals surface area contributed by atoms with Gasteiger partial charge in [-0.05, 0) is 77.6 Å². The summed E-state index contributed by atoms with van der Waals surface area (Å²) < 4.78 is 246. The van der Waals surface area contributed by atoms with Crippen LogP contribution in [0, 0.1) is 55.4 Å². The van der Waals surface area contributed by atoms with E-state index in [1.807, 2.05) is 18.8 Å². The first-order valence-corrected chi connectivity index (χ1v) is 44.1. The van der Waals surface area contributed by atoms with E-state index in [2.05, 4.69) is 11.9 Å². The van der Waals surface area contributed by atoms with Crippen molar-refractivity contribution >= 4 is 62.3 Å². The zero-order valence-corrected chi connectivity index (χ0v) is 72.9. The minimum absolute atomic E-state index is 0.0619. The number of carbonyl (C=O) groups excluding carboxylic acids is 5. The number of aliphatic hydroxyl groups excluding tert-OH is 8. The fraction of sp³-hybridized carbons (Fsp3) is 0.416. The highest BCUT2D eigenvalue weighted by Crippen LogP contribution is 2.61. The van der Waals surface area contributed by atoms with Crippen LogP contribution in [0.4, 0.5) is 17.6 Å². The normalized spacial score (nSPS) is 33.8. The fourth-order valence-corrected chi connectivity index (χ4v) is 19.0. The Balaban J connectivity index is 0.000000155. The molecule has 9 aliphatic heterocycles. The summed E-state index contributed by atoms with van der Waals surface area (Å²) in [5.74, 6) is -15.2. The summed E-state index contributed by atoms with van der Waals surface area (Å²) in [4.78, 5) is 133. The van der Waals surface area contributed by atoms with E-state index in [0.717, 1.165) is 28.5 Å². The van der Waals surface area contributed by atoms with Gasteiger partial charge in [0.15, 0.2) is 50.0 Å². The molecule has 7 aromatic rings. The number of nitrogens with zero attached hydrogens (tertiary/aromatic N) is 4. The van der Waals surface area contributed by atoms with Crippen LogP contribution in [0.25, 0.3) is 0 Å². The van der Waals surface area contributed by atoms with E-state index in [0.29, 0.717) is 77.1 Å². The fourth-order valence-electron chi connectivity index (χ4n) is 14.1. The first-order valence-electron chi connectivity index (χ1n) is 41.3. The van der Waals surface area contributed by atoms with Gasteiger partial charge in [0.2, 0.25) is 0 Å². The van der Waals surface area contributed by atoms with Gasteiger partial charge in [-0.2, -0.15) is 0 Å². The molecule has 132 heavy (non-hydrogen) atoms. The van der Waals surface area contributed by atoms with E-state index < -0.39 is 222 Å². The lowest BCUT2D eigenvalue weighted by Gasteiger charge is -2.33. The van der Waals surface area contributed by atoms with Crippen LogP contribution in [-0.2, 0) is 109 Å². The number of hydrogen-bond acceptors (Lipinski definition) is 40. The highest BCUT2D eigenvalue weighted by molar-refractivity contribution is 7.49. The van der Waals surface area contributed by atoms with Gasteiger partial charge < -0.3 is 88.1 Å². The Morgan fingerprint density at radius 1 is 0.439 bits per heavy atom. The van der Waals surface area contributed by atoms with Crippen molar-refractivity contribution in [2.75, 3.05) is 26.3 Å². The van der Waals surface area contributed by atoms with Crippen molar-refractivity contribution in [2.24, 2.45) is 0 Å². The van der Waals surface area contributed by atoms with Crippen LogP contribution in [0.15, 0.2) is 120 Å². The number of H-pyrrole nitrogens is 3. The van der Waals surface area contributed by atoms with Crippen LogP contribution in [0.1, 0.15) is 125 Å². The second-order valence-electron chi connectivity index (χ2n) is 30.4. The van der Waals surface area contributed by atoms with E-state index in [1.165, 1.54) is 0 Å². The number of nitrogens with one attached hydrogen (secondary N) is 4. The van der Waals surface area contributed by atoms with Gasteiger partial charge in [0.25, 0.3) is 46.0 Å². The number of aromatic amines is 3. The third-order valence-corrected chi connectivity index (χ3v) is 25.4. The largest absolute Gasteiger partial charge is 0.530 e. The van der Waals surface area contributed by atoms with Crippen molar-refractivity contribution in [1.82, 2.24) is 38.9 Å². The number of aliphatic hydroxyl groups is 8. The van der Waals surface area contributed by atoms with Crippen molar-refractivity contribution in [3.8, 4) is 23.0 Å². The van der Waals surface area contributed by atoms with Gasteiger partial charge in [-0.1, -0.05) is 77.4 Å². The third kappa shape index (κ3) is 20.0. The van der Waals surface area contributed by atoms with Crippen molar-refractivity contribution in [3.63, 3.8) is 0 Å². The van der Waals surface area contributed by atoms with Gasteiger partial charge in [-0.25, -0.2) is 50.2 Å². The van der Waals surface area contributed by atoms with Crippen LogP contribution < -0.4 is 57.2 Å². The lowest BCUT2D eigenvalue weighted by molar-refractivity contribution is -0.208. The number of rotatable bonds is 20.